The third-order valence-corrected chi connectivity index (χ3v) is 3.10. The topological polar surface area (TPSA) is 77.2 Å². The molecule has 1 amide bonds. The van der Waals surface area contributed by atoms with Gasteiger partial charge in [0.15, 0.2) is 0 Å². The second kappa shape index (κ2) is 7.36. The van der Waals surface area contributed by atoms with Gasteiger partial charge in [-0.25, -0.2) is 4.39 Å². The van der Waals surface area contributed by atoms with Gasteiger partial charge < -0.3 is 9.15 Å². The smallest absolute Gasteiger partial charge is 0.322 e. The van der Waals surface area contributed by atoms with Gasteiger partial charge in [0.05, 0.1) is 13.0 Å². The molecule has 0 aliphatic carbocycles. The van der Waals surface area contributed by atoms with Crippen molar-refractivity contribution >= 4 is 11.9 Å². The van der Waals surface area contributed by atoms with Gasteiger partial charge in [0.2, 0.25) is 11.8 Å². The highest BCUT2D eigenvalue weighted by molar-refractivity contribution is 5.88. The molecule has 0 fully saturated rings. The molecule has 6 nitrogen and oxygen atoms in total. The molecule has 122 valence electrons. The first-order valence-electron chi connectivity index (χ1n) is 7.28. The largest absolute Gasteiger partial charge is 0.493 e. The zero-order valence-electron chi connectivity index (χ0n) is 12.6. The Bertz CT molecular complexity index is 803. The minimum Gasteiger partial charge on any atom is -0.493 e. The highest BCUT2D eigenvalue weighted by Crippen LogP contribution is 2.20. The summed E-state index contributed by atoms with van der Waals surface area (Å²) in [4.78, 5) is 11.8. The normalized spacial score (nSPS) is 10.4. The lowest BCUT2D eigenvalue weighted by atomic mass is 10.2. The van der Waals surface area contributed by atoms with Crippen LogP contribution < -0.4 is 10.1 Å². The summed E-state index contributed by atoms with van der Waals surface area (Å²) in [6, 6.07) is 14.8. The second-order valence-corrected chi connectivity index (χ2v) is 4.88. The van der Waals surface area contributed by atoms with Crippen LogP contribution >= 0.6 is 0 Å². The van der Waals surface area contributed by atoms with E-state index in [-0.39, 0.29) is 36.7 Å². The molecule has 0 radical (unpaired) electrons. The summed E-state index contributed by atoms with van der Waals surface area (Å²) >= 11 is 0. The summed E-state index contributed by atoms with van der Waals surface area (Å²) in [7, 11) is 0. The molecule has 1 aromatic heterocycles. The number of carbonyl (C=O) groups is 1. The van der Waals surface area contributed by atoms with Gasteiger partial charge in [-0.15, -0.1) is 5.10 Å². The van der Waals surface area contributed by atoms with Crippen molar-refractivity contribution in [3.05, 3.63) is 60.4 Å². The van der Waals surface area contributed by atoms with Gasteiger partial charge in [-0.2, -0.15) is 0 Å². The standard InChI is InChI=1S/C17H14FN3O3/c18-13-8-6-12(7-9-13)16-20-21-17(24-16)19-15(22)10-11-23-14-4-2-1-3-5-14/h1-9H,10-11H2,(H,19,21,22). The maximum absolute atomic E-state index is 12.9. The summed E-state index contributed by atoms with van der Waals surface area (Å²) in [5.74, 6) is 0.234. The lowest BCUT2D eigenvalue weighted by Gasteiger charge is -2.04. The van der Waals surface area contributed by atoms with Crippen LogP contribution in [0.4, 0.5) is 10.4 Å². The van der Waals surface area contributed by atoms with E-state index in [1.807, 2.05) is 30.3 Å². The number of para-hydroxylation sites is 1. The molecule has 0 saturated heterocycles. The van der Waals surface area contributed by atoms with E-state index in [0.717, 1.165) is 0 Å². The van der Waals surface area contributed by atoms with Crippen molar-refractivity contribution in [1.29, 1.82) is 0 Å². The molecule has 24 heavy (non-hydrogen) atoms. The number of halogens is 1. The second-order valence-electron chi connectivity index (χ2n) is 4.88. The van der Waals surface area contributed by atoms with Crippen molar-refractivity contribution in [2.75, 3.05) is 11.9 Å². The number of aromatic nitrogens is 2. The van der Waals surface area contributed by atoms with E-state index in [2.05, 4.69) is 15.5 Å². The molecule has 0 aliphatic heterocycles. The monoisotopic (exact) mass is 327 g/mol. The lowest BCUT2D eigenvalue weighted by Crippen LogP contribution is -2.15. The van der Waals surface area contributed by atoms with E-state index in [1.165, 1.54) is 24.3 Å². The number of rotatable bonds is 6. The van der Waals surface area contributed by atoms with E-state index >= 15 is 0 Å². The van der Waals surface area contributed by atoms with Crippen molar-refractivity contribution in [3.8, 4) is 17.2 Å². The van der Waals surface area contributed by atoms with Crippen molar-refractivity contribution in [2.24, 2.45) is 0 Å². The fourth-order valence-electron chi connectivity index (χ4n) is 1.94. The van der Waals surface area contributed by atoms with Gasteiger partial charge in [-0.05, 0) is 36.4 Å². The minimum atomic E-state index is -0.356. The number of amides is 1. The SMILES string of the molecule is O=C(CCOc1ccccc1)Nc1nnc(-c2ccc(F)cc2)o1. The Morgan fingerprint density at radius 3 is 2.58 bits per heavy atom. The predicted octanol–water partition coefficient (Wildman–Crippen LogP) is 3.28. The van der Waals surface area contributed by atoms with Crippen LogP contribution in [0.1, 0.15) is 6.42 Å². The number of benzene rings is 2. The van der Waals surface area contributed by atoms with Gasteiger partial charge in [0, 0.05) is 5.56 Å². The average molecular weight is 327 g/mol. The molecule has 1 N–H and O–H groups in total. The number of nitrogens with zero attached hydrogens (tertiary/aromatic N) is 2. The Labute approximate surface area is 137 Å². The maximum Gasteiger partial charge on any atom is 0.322 e. The number of hydrogen-bond donors (Lipinski definition) is 1. The van der Waals surface area contributed by atoms with E-state index in [4.69, 9.17) is 9.15 Å². The Kier molecular flexibility index (Phi) is 4.81. The molecule has 2 aromatic carbocycles. The van der Waals surface area contributed by atoms with Gasteiger partial charge >= 0.3 is 6.01 Å². The lowest BCUT2D eigenvalue weighted by molar-refractivity contribution is -0.116. The number of carbonyl (C=O) groups excluding carboxylic acids is 1. The van der Waals surface area contributed by atoms with E-state index in [1.54, 1.807) is 0 Å². The average Bonchev–Trinajstić information content (AvgIpc) is 3.05. The third-order valence-electron chi connectivity index (χ3n) is 3.10. The molecular formula is C17H14FN3O3. The number of anilines is 1. The van der Waals surface area contributed by atoms with Crippen molar-refractivity contribution in [2.45, 2.75) is 6.42 Å². The zero-order chi connectivity index (χ0) is 16.8. The van der Waals surface area contributed by atoms with Crippen LogP contribution in [0.2, 0.25) is 0 Å². The van der Waals surface area contributed by atoms with Crippen molar-refractivity contribution < 1.29 is 18.3 Å². The number of hydrogen-bond acceptors (Lipinski definition) is 5. The molecule has 0 spiro atoms. The molecule has 0 atom stereocenters. The Balaban J connectivity index is 1.51. The number of nitrogens with one attached hydrogen (secondary N) is 1. The predicted molar refractivity (Wildman–Crippen MR) is 84.9 cm³/mol. The summed E-state index contributed by atoms with van der Waals surface area (Å²) in [6.07, 6.45) is 0.142. The van der Waals surface area contributed by atoms with Crippen LogP contribution in [0.5, 0.6) is 5.75 Å². The molecule has 0 aliphatic rings. The van der Waals surface area contributed by atoms with Crippen LogP contribution in [-0.2, 0) is 4.79 Å². The molecule has 0 unspecified atom stereocenters. The van der Waals surface area contributed by atoms with Crippen LogP contribution in [0, 0.1) is 5.82 Å². The molecule has 3 aromatic rings. The van der Waals surface area contributed by atoms with Crippen molar-refractivity contribution in [3.63, 3.8) is 0 Å². The maximum atomic E-state index is 12.9. The first-order chi connectivity index (χ1) is 11.7. The van der Waals surface area contributed by atoms with Crippen LogP contribution in [0.3, 0.4) is 0 Å². The highest BCUT2D eigenvalue weighted by Gasteiger charge is 2.11. The summed E-state index contributed by atoms with van der Waals surface area (Å²) in [5.41, 5.74) is 0.566. The Morgan fingerprint density at radius 1 is 1.08 bits per heavy atom. The Morgan fingerprint density at radius 2 is 1.83 bits per heavy atom. The quantitative estimate of drug-likeness (QED) is 0.752. The van der Waals surface area contributed by atoms with E-state index in [9.17, 15) is 9.18 Å². The Hall–Kier alpha value is -3.22. The van der Waals surface area contributed by atoms with Crippen molar-refractivity contribution in [1.82, 2.24) is 10.2 Å². The summed E-state index contributed by atoms with van der Waals surface area (Å²) in [5, 5.41) is 10.0. The summed E-state index contributed by atoms with van der Waals surface area (Å²) in [6.45, 7) is 0.231. The van der Waals surface area contributed by atoms with Crippen LogP contribution in [-0.4, -0.2) is 22.7 Å². The molecule has 0 saturated carbocycles. The van der Waals surface area contributed by atoms with Gasteiger partial charge in [-0.3, -0.25) is 10.1 Å². The number of ether oxygens (including phenoxy) is 1. The third kappa shape index (κ3) is 4.16. The van der Waals surface area contributed by atoms with E-state index in [0.29, 0.717) is 11.3 Å². The summed E-state index contributed by atoms with van der Waals surface area (Å²) < 4.78 is 23.6. The van der Waals surface area contributed by atoms with Crippen LogP contribution in [0.15, 0.2) is 59.0 Å². The molecular weight excluding hydrogens is 313 g/mol. The molecule has 3 rings (SSSR count). The zero-order valence-corrected chi connectivity index (χ0v) is 12.6. The molecule has 0 bridgehead atoms. The molecule has 7 heteroatoms. The minimum absolute atomic E-state index is 0.0148. The first kappa shape index (κ1) is 15.7. The first-order valence-corrected chi connectivity index (χ1v) is 7.28. The fourth-order valence-corrected chi connectivity index (χ4v) is 1.94. The van der Waals surface area contributed by atoms with Gasteiger partial charge in [0.1, 0.15) is 11.6 Å². The van der Waals surface area contributed by atoms with E-state index < -0.39 is 0 Å². The van der Waals surface area contributed by atoms with Gasteiger partial charge in [-0.1, -0.05) is 23.3 Å². The molecule has 1 heterocycles. The van der Waals surface area contributed by atoms with Crippen LogP contribution in [0.25, 0.3) is 11.5 Å². The highest BCUT2D eigenvalue weighted by atomic mass is 19.1. The van der Waals surface area contributed by atoms with Gasteiger partial charge in [0.25, 0.3) is 0 Å². The fraction of sp³-hybridized carbons (Fsp3) is 0.118.